The van der Waals surface area contributed by atoms with Crippen LogP contribution in [-0.2, 0) is 9.59 Å². The minimum Gasteiger partial charge on any atom is -0.362 e. The first-order valence-corrected chi connectivity index (χ1v) is 10.5. The number of carbonyl (C=O) groups excluding carboxylic acids is 2. The van der Waals surface area contributed by atoms with E-state index in [2.05, 4.69) is 24.5 Å². The van der Waals surface area contributed by atoms with Crippen LogP contribution in [0.1, 0.15) is 50.7 Å². The number of anilines is 1. The van der Waals surface area contributed by atoms with Gasteiger partial charge in [-0.3, -0.25) is 9.59 Å². The highest BCUT2D eigenvalue weighted by molar-refractivity contribution is 6.10. The van der Waals surface area contributed by atoms with E-state index in [-0.39, 0.29) is 16.9 Å². The number of ketones is 1. The highest BCUT2D eigenvalue weighted by Crippen LogP contribution is 2.46. The average Bonchev–Trinajstić information content (AvgIpc) is 2.68. The van der Waals surface area contributed by atoms with E-state index < -0.39 is 17.6 Å². The van der Waals surface area contributed by atoms with Crippen molar-refractivity contribution >= 4 is 17.4 Å². The Hall–Kier alpha value is -3.21. The number of amides is 1. The lowest BCUT2D eigenvalue weighted by atomic mass is 9.68. The van der Waals surface area contributed by atoms with E-state index in [1.54, 1.807) is 12.1 Å². The van der Waals surface area contributed by atoms with Crippen molar-refractivity contribution in [3.8, 4) is 0 Å². The third kappa shape index (κ3) is 4.05. The molecule has 0 spiro atoms. The van der Waals surface area contributed by atoms with E-state index in [0.717, 1.165) is 23.2 Å². The Balaban J connectivity index is 1.81. The van der Waals surface area contributed by atoms with E-state index in [1.807, 2.05) is 38.1 Å². The zero-order chi connectivity index (χ0) is 22.3. The number of allylic oxidation sites excluding steroid dienone is 3. The van der Waals surface area contributed by atoms with Gasteiger partial charge in [0.05, 0.1) is 5.69 Å². The third-order valence-corrected chi connectivity index (χ3v) is 6.02. The normalized spacial score (nSPS) is 20.3. The molecule has 0 fully saturated rings. The molecule has 4 rings (SSSR count). The number of Topliss-reactive ketones (excluding diaryl/α,β-unsaturated/α-hetero) is 1. The SMILES string of the molecule is CC1=C(C(=O)Nc2ccccc2F)[C@@H](c2ccc(C)cc2)C2=C(CC(C)(C)CC2=O)N1. The van der Waals surface area contributed by atoms with Crippen LogP contribution in [0.25, 0.3) is 0 Å². The number of nitrogens with one attached hydrogen (secondary N) is 2. The van der Waals surface area contributed by atoms with E-state index in [0.29, 0.717) is 23.3 Å². The number of benzene rings is 2. The molecule has 1 heterocycles. The maximum Gasteiger partial charge on any atom is 0.254 e. The van der Waals surface area contributed by atoms with Crippen LogP contribution in [0.15, 0.2) is 71.1 Å². The van der Waals surface area contributed by atoms with Gasteiger partial charge in [0.2, 0.25) is 0 Å². The van der Waals surface area contributed by atoms with Crippen molar-refractivity contribution in [1.82, 2.24) is 5.32 Å². The lowest BCUT2D eigenvalue weighted by molar-refractivity contribution is -0.118. The van der Waals surface area contributed by atoms with Gasteiger partial charge in [0.25, 0.3) is 5.91 Å². The van der Waals surface area contributed by atoms with E-state index in [9.17, 15) is 14.0 Å². The third-order valence-electron chi connectivity index (χ3n) is 6.02. The molecule has 0 saturated carbocycles. The lowest BCUT2D eigenvalue weighted by Gasteiger charge is -2.39. The molecular formula is C26H27FN2O2. The van der Waals surface area contributed by atoms with Gasteiger partial charge in [-0.05, 0) is 43.4 Å². The molecule has 1 atom stereocenters. The van der Waals surface area contributed by atoms with Crippen LogP contribution in [0.5, 0.6) is 0 Å². The molecule has 2 aromatic rings. The number of hydrogen-bond acceptors (Lipinski definition) is 3. The highest BCUT2D eigenvalue weighted by atomic mass is 19.1. The van der Waals surface area contributed by atoms with Crippen molar-refractivity contribution in [2.75, 3.05) is 5.32 Å². The fourth-order valence-corrected chi connectivity index (χ4v) is 4.58. The number of rotatable bonds is 3. The summed E-state index contributed by atoms with van der Waals surface area (Å²) < 4.78 is 14.2. The van der Waals surface area contributed by atoms with Gasteiger partial charge in [-0.1, -0.05) is 55.8 Å². The minimum atomic E-state index is -0.500. The second kappa shape index (κ2) is 7.80. The second-order valence-corrected chi connectivity index (χ2v) is 9.27. The summed E-state index contributed by atoms with van der Waals surface area (Å²) in [6.45, 7) is 8.00. The number of hydrogen-bond donors (Lipinski definition) is 2. The predicted molar refractivity (Wildman–Crippen MR) is 120 cm³/mol. The maximum absolute atomic E-state index is 14.2. The number of carbonyl (C=O) groups is 2. The molecule has 31 heavy (non-hydrogen) atoms. The first-order chi connectivity index (χ1) is 14.7. The molecule has 2 aromatic carbocycles. The number of dihydropyridines is 1. The molecule has 0 bridgehead atoms. The summed E-state index contributed by atoms with van der Waals surface area (Å²) in [5, 5.41) is 6.03. The van der Waals surface area contributed by atoms with Gasteiger partial charge in [0.1, 0.15) is 5.82 Å². The monoisotopic (exact) mass is 418 g/mol. The molecule has 160 valence electrons. The molecule has 0 unspecified atom stereocenters. The van der Waals surface area contributed by atoms with Crippen molar-refractivity contribution in [3.05, 3.63) is 88.0 Å². The van der Waals surface area contributed by atoms with Gasteiger partial charge >= 0.3 is 0 Å². The summed E-state index contributed by atoms with van der Waals surface area (Å²) in [5.74, 6) is -1.36. The molecular weight excluding hydrogens is 391 g/mol. The Kier molecular flexibility index (Phi) is 5.29. The maximum atomic E-state index is 14.2. The molecule has 1 aliphatic heterocycles. The molecule has 0 saturated heterocycles. The fraction of sp³-hybridized carbons (Fsp3) is 0.308. The molecule has 0 aromatic heterocycles. The Labute approximate surface area is 182 Å². The summed E-state index contributed by atoms with van der Waals surface area (Å²) in [4.78, 5) is 26.6. The molecule has 1 amide bonds. The van der Waals surface area contributed by atoms with Crippen molar-refractivity contribution in [2.45, 2.75) is 46.5 Å². The second-order valence-electron chi connectivity index (χ2n) is 9.27. The molecule has 1 aliphatic carbocycles. The van der Waals surface area contributed by atoms with Crippen molar-refractivity contribution in [1.29, 1.82) is 0 Å². The van der Waals surface area contributed by atoms with Crippen LogP contribution in [0, 0.1) is 18.2 Å². The zero-order valence-corrected chi connectivity index (χ0v) is 18.3. The standard InChI is InChI=1S/C26H27FN2O2/c1-15-9-11-17(12-10-15)23-22(25(31)29-19-8-6-5-7-18(19)27)16(2)28-20-13-26(3,4)14-21(30)24(20)23/h5-12,23,28H,13-14H2,1-4H3,(H,29,31)/t23-/m1/s1. The number of halogens is 1. The summed E-state index contributed by atoms with van der Waals surface area (Å²) in [5.41, 5.74) is 4.61. The van der Waals surface area contributed by atoms with Crippen molar-refractivity contribution < 1.29 is 14.0 Å². The molecule has 2 N–H and O–H groups in total. The lowest BCUT2D eigenvalue weighted by Crippen LogP contribution is -2.39. The average molecular weight is 419 g/mol. The Morgan fingerprint density at radius 2 is 1.74 bits per heavy atom. The van der Waals surface area contributed by atoms with Gasteiger partial charge in [-0.25, -0.2) is 4.39 Å². The van der Waals surface area contributed by atoms with E-state index in [4.69, 9.17) is 0 Å². The van der Waals surface area contributed by atoms with Crippen molar-refractivity contribution in [2.24, 2.45) is 5.41 Å². The molecule has 2 aliphatic rings. The van der Waals surface area contributed by atoms with Crippen LogP contribution >= 0.6 is 0 Å². The Morgan fingerprint density at radius 3 is 2.42 bits per heavy atom. The summed E-state index contributed by atoms with van der Waals surface area (Å²) in [7, 11) is 0. The molecule has 0 radical (unpaired) electrons. The highest BCUT2D eigenvalue weighted by Gasteiger charge is 2.42. The number of para-hydroxylation sites is 1. The summed E-state index contributed by atoms with van der Waals surface area (Å²) >= 11 is 0. The topological polar surface area (TPSA) is 58.2 Å². The summed E-state index contributed by atoms with van der Waals surface area (Å²) in [6.07, 6.45) is 1.16. The predicted octanol–water partition coefficient (Wildman–Crippen LogP) is 5.38. The van der Waals surface area contributed by atoms with E-state index >= 15 is 0 Å². The Bertz CT molecular complexity index is 1130. The van der Waals surface area contributed by atoms with Crippen molar-refractivity contribution in [3.63, 3.8) is 0 Å². The summed E-state index contributed by atoms with van der Waals surface area (Å²) in [6, 6.07) is 14.0. The van der Waals surface area contributed by atoms with Crippen LogP contribution in [-0.4, -0.2) is 11.7 Å². The first-order valence-electron chi connectivity index (χ1n) is 10.5. The minimum absolute atomic E-state index is 0.0491. The smallest absolute Gasteiger partial charge is 0.254 e. The first kappa shape index (κ1) is 21.0. The number of aryl methyl sites for hydroxylation is 1. The van der Waals surface area contributed by atoms with Gasteiger partial charge in [-0.2, -0.15) is 0 Å². The van der Waals surface area contributed by atoms with E-state index in [1.165, 1.54) is 12.1 Å². The van der Waals surface area contributed by atoms with Crippen LogP contribution in [0.3, 0.4) is 0 Å². The largest absolute Gasteiger partial charge is 0.362 e. The molecule has 5 heteroatoms. The van der Waals surface area contributed by atoms with Gasteiger partial charge in [-0.15, -0.1) is 0 Å². The van der Waals surface area contributed by atoms with Gasteiger partial charge < -0.3 is 10.6 Å². The molecule has 4 nitrogen and oxygen atoms in total. The van der Waals surface area contributed by atoms with Gasteiger partial charge in [0, 0.05) is 34.9 Å². The fourth-order valence-electron chi connectivity index (χ4n) is 4.58. The van der Waals surface area contributed by atoms with Gasteiger partial charge in [0.15, 0.2) is 5.78 Å². The zero-order valence-electron chi connectivity index (χ0n) is 18.3. The Morgan fingerprint density at radius 1 is 1.06 bits per heavy atom. The van der Waals surface area contributed by atoms with Crippen LogP contribution in [0.2, 0.25) is 0 Å². The van der Waals surface area contributed by atoms with Crippen LogP contribution in [0.4, 0.5) is 10.1 Å². The quantitative estimate of drug-likeness (QED) is 0.704. The van der Waals surface area contributed by atoms with Crippen LogP contribution < -0.4 is 10.6 Å².